The highest BCUT2D eigenvalue weighted by molar-refractivity contribution is 5.91. The molecule has 3 aromatic heterocycles. The van der Waals surface area contributed by atoms with E-state index in [1.807, 2.05) is 30.6 Å². The zero-order valence-corrected chi connectivity index (χ0v) is 14.4. The first-order valence-corrected chi connectivity index (χ1v) is 8.76. The standard InChI is InChI=1S/C19H21N5O2/c25-19(18-5-3-11-26-18)21-9-6-16-13-23(12-15-4-1-2-8-20-15)14-17-7-10-22-24(16)17/h1-5,7-8,10-11,16H,6,9,12-14H2,(H,21,25)/t16-/m0/s1. The lowest BCUT2D eigenvalue weighted by Gasteiger charge is -2.33. The number of nitrogens with one attached hydrogen (secondary N) is 1. The van der Waals surface area contributed by atoms with Crippen LogP contribution in [0.25, 0.3) is 0 Å². The van der Waals surface area contributed by atoms with E-state index in [9.17, 15) is 4.79 Å². The van der Waals surface area contributed by atoms with E-state index in [1.165, 1.54) is 12.0 Å². The van der Waals surface area contributed by atoms with Gasteiger partial charge < -0.3 is 9.73 Å². The summed E-state index contributed by atoms with van der Waals surface area (Å²) in [5.74, 6) is 0.155. The first-order chi connectivity index (χ1) is 12.8. The molecule has 0 bridgehead atoms. The summed E-state index contributed by atoms with van der Waals surface area (Å²) in [7, 11) is 0. The first kappa shape index (κ1) is 16.5. The second-order valence-electron chi connectivity index (χ2n) is 6.43. The molecule has 1 aliphatic heterocycles. The minimum Gasteiger partial charge on any atom is -0.459 e. The lowest BCUT2D eigenvalue weighted by Crippen LogP contribution is -2.39. The van der Waals surface area contributed by atoms with E-state index < -0.39 is 0 Å². The van der Waals surface area contributed by atoms with Gasteiger partial charge in [0, 0.05) is 38.6 Å². The number of hydrogen-bond acceptors (Lipinski definition) is 5. The normalized spacial score (nSPS) is 17.0. The summed E-state index contributed by atoms with van der Waals surface area (Å²) in [5.41, 5.74) is 2.25. The van der Waals surface area contributed by atoms with E-state index >= 15 is 0 Å². The van der Waals surface area contributed by atoms with Crippen molar-refractivity contribution >= 4 is 5.91 Å². The van der Waals surface area contributed by atoms with Gasteiger partial charge in [-0.3, -0.25) is 19.4 Å². The van der Waals surface area contributed by atoms with Crippen molar-refractivity contribution in [3.05, 3.63) is 72.2 Å². The van der Waals surface area contributed by atoms with E-state index in [1.54, 1.807) is 12.1 Å². The third-order valence-corrected chi connectivity index (χ3v) is 4.57. The monoisotopic (exact) mass is 351 g/mol. The second-order valence-corrected chi connectivity index (χ2v) is 6.43. The Kier molecular flexibility index (Phi) is 4.79. The summed E-state index contributed by atoms with van der Waals surface area (Å²) in [6, 6.07) is 11.6. The molecular weight excluding hydrogens is 330 g/mol. The zero-order chi connectivity index (χ0) is 17.8. The number of fused-ring (bicyclic) bond motifs is 1. The van der Waals surface area contributed by atoms with E-state index in [2.05, 4.69) is 31.0 Å². The number of furan rings is 1. The van der Waals surface area contributed by atoms with Gasteiger partial charge in [0.05, 0.1) is 23.7 Å². The summed E-state index contributed by atoms with van der Waals surface area (Å²) in [4.78, 5) is 18.8. The number of rotatable bonds is 6. The van der Waals surface area contributed by atoms with Crippen LogP contribution in [-0.4, -0.2) is 38.7 Å². The second kappa shape index (κ2) is 7.53. The molecule has 0 fully saturated rings. The highest BCUT2D eigenvalue weighted by Crippen LogP contribution is 2.23. The molecule has 7 heteroatoms. The predicted octanol–water partition coefficient (Wildman–Crippen LogP) is 2.25. The van der Waals surface area contributed by atoms with Gasteiger partial charge in [0.2, 0.25) is 0 Å². The summed E-state index contributed by atoms with van der Waals surface area (Å²) >= 11 is 0. The quantitative estimate of drug-likeness (QED) is 0.737. The minimum atomic E-state index is -0.183. The Hall–Kier alpha value is -2.93. The number of pyridine rings is 1. The number of carbonyl (C=O) groups is 1. The molecule has 4 heterocycles. The molecule has 0 radical (unpaired) electrons. The number of amides is 1. The largest absolute Gasteiger partial charge is 0.459 e. The van der Waals surface area contributed by atoms with Gasteiger partial charge >= 0.3 is 0 Å². The van der Waals surface area contributed by atoms with Crippen molar-refractivity contribution in [2.24, 2.45) is 0 Å². The Morgan fingerprint density at radius 3 is 3.00 bits per heavy atom. The van der Waals surface area contributed by atoms with E-state index in [0.717, 1.165) is 31.7 Å². The molecule has 26 heavy (non-hydrogen) atoms. The minimum absolute atomic E-state index is 0.183. The van der Waals surface area contributed by atoms with Gasteiger partial charge in [-0.2, -0.15) is 5.10 Å². The number of nitrogens with zero attached hydrogens (tertiary/aromatic N) is 4. The van der Waals surface area contributed by atoms with Gasteiger partial charge in [0.15, 0.2) is 5.76 Å². The van der Waals surface area contributed by atoms with Crippen LogP contribution >= 0.6 is 0 Å². The Morgan fingerprint density at radius 2 is 2.19 bits per heavy atom. The van der Waals surface area contributed by atoms with Crippen molar-refractivity contribution in [2.45, 2.75) is 25.6 Å². The number of carbonyl (C=O) groups excluding carboxylic acids is 1. The molecule has 7 nitrogen and oxygen atoms in total. The molecule has 1 atom stereocenters. The van der Waals surface area contributed by atoms with Crippen LogP contribution in [-0.2, 0) is 13.1 Å². The van der Waals surface area contributed by atoms with Gasteiger partial charge in [0.25, 0.3) is 5.91 Å². The maximum Gasteiger partial charge on any atom is 0.286 e. The third kappa shape index (κ3) is 3.67. The van der Waals surface area contributed by atoms with Crippen LogP contribution in [0, 0.1) is 0 Å². The highest BCUT2D eigenvalue weighted by atomic mass is 16.3. The van der Waals surface area contributed by atoms with Crippen molar-refractivity contribution in [3.8, 4) is 0 Å². The van der Waals surface area contributed by atoms with Crippen LogP contribution in [0.2, 0.25) is 0 Å². The zero-order valence-electron chi connectivity index (χ0n) is 14.4. The molecule has 0 unspecified atom stereocenters. The average molecular weight is 351 g/mol. The van der Waals surface area contributed by atoms with Crippen LogP contribution in [0.1, 0.15) is 34.4 Å². The molecule has 0 aromatic carbocycles. The van der Waals surface area contributed by atoms with Gasteiger partial charge in [0.1, 0.15) is 0 Å². The van der Waals surface area contributed by atoms with Crippen molar-refractivity contribution in [1.29, 1.82) is 0 Å². The number of aromatic nitrogens is 3. The number of hydrogen-bond donors (Lipinski definition) is 1. The van der Waals surface area contributed by atoms with E-state index in [-0.39, 0.29) is 11.9 Å². The smallest absolute Gasteiger partial charge is 0.286 e. The Labute approximate surface area is 151 Å². The van der Waals surface area contributed by atoms with Gasteiger partial charge in [-0.1, -0.05) is 6.07 Å². The molecule has 0 saturated carbocycles. The van der Waals surface area contributed by atoms with Crippen LogP contribution in [0.3, 0.4) is 0 Å². The fourth-order valence-electron chi connectivity index (χ4n) is 3.37. The molecule has 4 rings (SSSR count). The highest BCUT2D eigenvalue weighted by Gasteiger charge is 2.25. The topological polar surface area (TPSA) is 76.2 Å². The average Bonchev–Trinajstić information content (AvgIpc) is 3.34. The van der Waals surface area contributed by atoms with Gasteiger partial charge in [-0.05, 0) is 36.8 Å². The SMILES string of the molecule is O=C(NCC[C@H]1CN(Cc2ccccn2)Cc2ccnn21)c1ccco1. The fourth-order valence-corrected chi connectivity index (χ4v) is 3.37. The van der Waals surface area contributed by atoms with Crippen molar-refractivity contribution in [3.63, 3.8) is 0 Å². The Morgan fingerprint density at radius 1 is 1.23 bits per heavy atom. The van der Waals surface area contributed by atoms with Crippen LogP contribution in [0.15, 0.2) is 59.5 Å². The molecule has 3 aromatic rings. The molecule has 0 spiro atoms. The van der Waals surface area contributed by atoms with Crippen molar-refractivity contribution < 1.29 is 9.21 Å². The van der Waals surface area contributed by atoms with E-state index in [4.69, 9.17) is 4.42 Å². The van der Waals surface area contributed by atoms with Crippen LogP contribution < -0.4 is 5.32 Å². The first-order valence-electron chi connectivity index (χ1n) is 8.76. The third-order valence-electron chi connectivity index (χ3n) is 4.57. The van der Waals surface area contributed by atoms with Gasteiger partial charge in [-0.15, -0.1) is 0 Å². The maximum atomic E-state index is 12.0. The predicted molar refractivity (Wildman–Crippen MR) is 95.3 cm³/mol. The van der Waals surface area contributed by atoms with Crippen LogP contribution in [0.4, 0.5) is 0 Å². The lowest BCUT2D eigenvalue weighted by molar-refractivity contribution is 0.0919. The Bertz CT molecular complexity index is 844. The maximum absolute atomic E-state index is 12.0. The van der Waals surface area contributed by atoms with Gasteiger partial charge in [-0.25, -0.2) is 0 Å². The molecule has 0 aliphatic carbocycles. The Balaban J connectivity index is 1.38. The lowest BCUT2D eigenvalue weighted by atomic mass is 10.1. The van der Waals surface area contributed by atoms with Crippen molar-refractivity contribution in [1.82, 2.24) is 25.0 Å². The molecule has 1 amide bonds. The molecule has 1 aliphatic rings. The fraction of sp³-hybridized carbons (Fsp3) is 0.316. The van der Waals surface area contributed by atoms with Crippen molar-refractivity contribution in [2.75, 3.05) is 13.1 Å². The van der Waals surface area contributed by atoms with Crippen LogP contribution in [0.5, 0.6) is 0 Å². The summed E-state index contributed by atoms with van der Waals surface area (Å²) < 4.78 is 7.20. The molecule has 1 N–H and O–H groups in total. The molecule has 0 saturated heterocycles. The summed E-state index contributed by atoms with van der Waals surface area (Å²) in [5, 5.41) is 7.39. The molecular formula is C19H21N5O2. The summed E-state index contributed by atoms with van der Waals surface area (Å²) in [6.45, 7) is 3.11. The molecule has 134 valence electrons. The van der Waals surface area contributed by atoms with E-state index in [0.29, 0.717) is 12.3 Å². The summed E-state index contributed by atoms with van der Waals surface area (Å²) in [6.07, 6.45) is 5.97.